The van der Waals surface area contributed by atoms with E-state index in [-0.39, 0.29) is 30.0 Å². The number of benzene rings is 1. The first kappa shape index (κ1) is 19.7. The topological polar surface area (TPSA) is 104 Å². The van der Waals surface area contributed by atoms with E-state index in [1.165, 1.54) is 0 Å². The van der Waals surface area contributed by atoms with Crippen LogP contribution in [0.15, 0.2) is 41.7 Å². The predicted octanol–water partition coefficient (Wildman–Crippen LogP) is 2.20. The Kier molecular flexibility index (Phi) is 6.49. The molecule has 28 heavy (non-hydrogen) atoms. The van der Waals surface area contributed by atoms with Crippen molar-refractivity contribution in [1.82, 2.24) is 20.2 Å². The Balaban J connectivity index is 1.51. The van der Waals surface area contributed by atoms with Crippen LogP contribution in [-0.2, 0) is 16.0 Å². The first-order valence-electron chi connectivity index (χ1n) is 8.70. The molecule has 0 bridgehead atoms. The van der Waals surface area contributed by atoms with Gasteiger partial charge in [0.25, 0.3) is 11.1 Å². The maximum absolute atomic E-state index is 12.5. The molecule has 0 radical (unpaired) electrons. The predicted molar refractivity (Wildman–Crippen MR) is 106 cm³/mol. The van der Waals surface area contributed by atoms with Crippen LogP contribution >= 0.6 is 11.8 Å². The van der Waals surface area contributed by atoms with Crippen molar-refractivity contribution in [3.05, 3.63) is 53.0 Å². The van der Waals surface area contributed by atoms with E-state index in [4.69, 9.17) is 4.74 Å². The van der Waals surface area contributed by atoms with Crippen molar-refractivity contribution in [3.8, 4) is 5.75 Å². The van der Waals surface area contributed by atoms with Crippen molar-refractivity contribution in [1.29, 1.82) is 0 Å². The van der Waals surface area contributed by atoms with E-state index in [0.717, 1.165) is 27.9 Å². The SMILES string of the molecule is COc1cccc(C=C2SC(=O)N(CCC(=O)NCCc3cnc[nH]3)C2=O)c1. The van der Waals surface area contributed by atoms with E-state index in [1.807, 2.05) is 12.1 Å². The maximum atomic E-state index is 12.5. The van der Waals surface area contributed by atoms with Crippen molar-refractivity contribution in [2.75, 3.05) is 20.2 Å². The van der Waals surface area contributed by atoms with Gasteiger partial charge in [-0.05, 0) is 35.5 Å². The number of carbonyl (C=O) groups excluding carboxylic acids is 3. The summed E-state index contributed by atoms with van der Waals surface area (Å²) in [5.41, 5.74) is 1.69. The highest BCUT2D eigenvalue weighted by atomic mass is 32.2. The summed E-state index contributed by atoms with van der Waals surface area (Å²) in [7, 11) is 1.56. The van der Waals surface area contributed by atoms with Gasteiger partial charge in [0.2, 0.25) is 5.91 Å². The molecule has 0 spiro atoms. The highest BCUT2D eigenvalue weighted by Crippen LogP contribution is 2.32. The minimum Gasteiger partial charge on any atom is -0.497 e. The van der Waals surface area contributed by atoms with Crippen LogP contribution in [0.2, 0.25) is 0 Å². The van der Waals surface area contributed by atoms with Crippen LogP contribution in [0, 0.1) is 0 Å². The molecule has 3 rings (SSSR count). The fourth-order valence-electron chi connectivity index (χ4n) is 2.64. The quantitative estimate of drug-likeness (QED) is 0.659. The van der Waals surface area contributed by atoms with Crippen molar-refractivity contribution >= 4 is 34.9 Å². The Morgan fingerprint density at radius 1 is 1.39 bits per heavy atom. The van der Waals surface area contributed by atoms with Gasteiger partial charge in [0, 0.05) is 37.8 Å². The van der Waals surface area contributed by atoms with Crippen LogP contribution in [0.25, 0.3) is 6.08 Å². The van der Waals surface area contributed by atoms with Crippen LogP contribution in [0.3, 0.4) is 0 Å². The summed E-state index contributed by atoms with van der Waals surface area (Å²) >= 11 is 0.873. The second kappa shape index (κ2) is 9.23. The number of nitrogens with zero attached hydrogens (tertiary/aromatic N) is 2. The third-order valence-electron chi connectivity index (χ3n) is 4.10. The summed E-state index contributed by atoms with van der Waals surface area (Å²) in [5.74, 6) is 0.0678. The Bertz CT molecular complexity index is 895. The number of aromatic nitrogens is 2. The van der Waals surface area contributed by atoms with Gasteiger partial charge in [-0.3, -0.25) is 19.3 Å². The molecule has 1 saturated heterocycles. The normalized spacial score (nSPS) is 15.3. The van der Waals surface area contributed by atoms with Crippen molar-refractivity contribution in [3.63, 3.8) is 0 Å². The Hall–Kier alpha value is -3.07. The zero-order valence-corrected chi connectivity index (χ0v) is 16.1. The van der Waals surface area contributed by atoms with Gasteiger partial charge in [-0.25, -0.2) is 4.98 Å². The molecule has 0 saturated carbocycles. The number of methoxy groups -OCH3 is 1. The van der Waals surface area contributed by atoms with E-state index in [0.29, 0.717) is 23.6 Å². The smallest absolute Gasteiger partial charge is 0.293 e. The van der Waals surface area contributed by atoms with E-state index in [9.17, 15) is 14.4 Å². The van der Waals surface area contributed by atoms with Gasteiger partial charge < -0.3 is 15.0 Å². The van der Waals surface area contributed by atoms with E-state index in [1.54, 1.807) is 37.8 Å². The standard InChI is InChI=1S/C19H20N4O4S/c1-27-15-4-2-3-13(9-15)10-16-18(25)23(19(26)28-16)8-6-17(24)21-7-5-14-11-20-12-22-14/h2-4,9-12H,5-8H2,1H3,(H,20,22)(H,21,24). The number of nitrogens with one attached hydrogen (secondary N) is 2. The number of thioether (sulfide) groups is 1. The summed E-state index contributed by atoms with van der Waals surface area (Å²) < 4.78 is 5.16. The number of hydrogen-bond donors (Lipinski definition) is 2. The largest absolute Gasteiger partial charge is 0.497 e. The lowest BCUT2D eigenvalue weighted by Gasteiger charge is -2.12. The van der Waals surface area contributed by atoms with Gasteiger partial charge in [0.05, 0.1) is 18.3 Å². The van der Waals surface area contributed by atoms with Gasteiger partial charge in [0.1, 0.15) is 5.75 Å². The van der Waals surface area contributed by atoms with Crippen molar-refractivity contribution in [2.24, 2.45) is 0 Å². The molecule has 2 aromatic rings. The molecule has 1 fully saturated rings. The van der Waals surface area contributed by atoms with Crippen molar-refractivity contribution < 1.29 is 19.1 Å². The molecule has 1 aromatic carbocycles. The molecule has 0 unspecified atom stereocenters. The van der Waals surface area contributed by atoms with Crippen LogP contribution in [0.1, 0.15) is 17.7 Å². The molecule has 3 amide bonds. The number of carbonyl (C=O) groups is 3. The maximum Gasteiger partial charge on any atom is 0.293 e. The number of amides is 3. The van der Waals surface area contributed by atoms with E-state index in [2.05, 4.69) is 15.3 Å². The summed E-state index contributed by atoms with van der Waals surface area (Å²) in [6.45, 7) is 0.509. The van der Waals surface area contributed by atoms with Gasteiger partial charge in [-0.2, -0.15) is 0 Å². The average Bonchev–Trinajstić information content (AvgIpc) is 3.29. The van der Waals surface area contributed by atoms with E-state index >= 15 is 0 Å². The lowest BCUT2D eigenvalue weighted by atomic mass is 10.2. The van der Waals surface area contributed by atoms with Gasteiger partial charge in [-0.1, -0.05) is 12.1 Å². The lowest BCUT2D eigenvalue weighted by molar-refractivity contribution is -0.124. The number of H-pyrrole nitrogens is 1. The molecule has 2 N–H and O–H groups in total. The average molecular weight is 400 g/mol. The first-order chi connectivity index (χ1) is 13.6. The van der Waals surface area contributed by atoms with Gasteiger partial charge >= 0.3 is 0 Å². The molecule has 9 heteroatoms. The monoisotopic (exact) mass is 400 g/mol. The van der Waals surface area contributed by atoms with Crippen LogP contribution in [0.4, 0.5) is 4.79 Å². The molecule has 2 heterocycles. The Labute approximate surface area is 166 Å². The summed E-state index contributed by atoms with van der Waals surface area (Å²) in [4.78, 5) is 44.9. The van der Waals surface area contributed by atoms with Crippen LogP contribution < -0.4 is 10.1 Å². The Morgan fingerprint density at radius 3 is 3.00 bits per heavy atom. The molecular weight excluding hydrogens is 380 g/mol. The number of ether oxygens (including phenoxy) is 1. The highest BCUT2D eigenvalue weighted by Gasteiger charge is 2.35. The fraction of sp³-hybridized carbons (Fsp3) is 0.263. The fourth-order valence-corrected chi connectivity index (χ4v) is 3.50. The first-order valence-corrected chi connectivity index (χ1v) is 9.52. The summed E-state index contributed by atoms with van der Waals surface area (Å²) in [6.07, 6.45) is 5.62. The van der Waals surface area contributed by atoms with Crippen LogP contribution in [0.5, 0.6) is 5.75 Å². The number of hydrogen-bond acceptors (Lipinski definition) is 6. The second-order valence-corrected chi connectivity index (χ2v) is 7.03. The van der Waals surface area contributed by atoms with E-state index < -0.39 is 0 Å². The molecule has 146 valence electrons. The molecular formula is C19H20N4O4S. The lowest BCUT2D eigenvalue weighted by Crippen LogP contribution is -2.34. The van der Waals surface area contributed by atoms with Crippen molar-refractivity contribution in [2.45, 2.75) is 12.8 Å². The molecule has 1 aliphatic heterocycles. The third-order valence-corrected chi connectivity index (χ3v) is 5.01. The zero-order chi connectivity index (χ0) is 19.9. The minimum atomic E-state index is -0.386. The molecule has 1 aromatic heterocycles. The second-order valence-electron chi connectivity index (χ2n) is 6.04. The number of rotatable bonds is 8. The minimum absolute atomic E-state index is 0.0516. The molecule has 0 atom stereocenters. The summed E-state index contributed by atoms with van der Waals surface area (Å²) in [5, 5.41) is 2.40. The molecule has 8 nitrogen and oxygen atoms in total. The molecule has 0 aliphatic carbocycles. The number of imide groups is 1. The summed E-state index contributed by atoms with van der Waals surface area (Å²) in [6, 6.07) is 7.21. The highest BCUT2D eigenvalue weighted by molar-refractivity contribution is 8.18. The molecule has 1 aliphatic rings. The van der Waals surface area contributed by atoms with Crippen LogP contribution in [-0.4, -0.2) is 52.1 Å². The van der Waals surface area contributed by atoms with Gasteiger partial charge in [-0.15, -0.1) is 0 Å². The third kappa shape index (κ3) is 5.01. The number of imidazole rings is 1. The zero-order valence-electron chi connectivity index (χ0n) is 15.3. The van der Waals surface area contributed by atoms with Gasteiger partial charge in [0.15, 0.2) is 0 Å². The Morgan fingerprint density at radius 2 is 2.25 bits per heavy atom. The number of aromatic amines is 1.